The molecule has 1 aliphatic carbocycles. The molecule has 1 aromatic heterocycles. The number of rotatable bonds is 9. The van der Waals surface area contributed by atoms with Crippen LogP contribution in [0.5, 0.6) is 5.75 Å². The Morgan fingerprint density at radius 3 is 2.44 bits per heavy atom. The SMILES string of the molecule is CCC1(N2CCCCC2)CCC(Nc2cccc3c2cc(C#CCNc2ccc(S(N)(=O)=O)cc2OC)n3CC(F)(F)F)CC1. The lowest BCUT2D eigenvalue weighted by Gasteiger charge is -2.49. The molecule has 244 valence electrons. The van der Waals surface area contributed by atoms with Crippen molar-refractivity contribution in [1.82, 2.24) is 9.47 Å². The van der Waals surface area contributed by atoms with Crippen LogP contribution in [0.3, 0.4) is 0 Å². The fourth-order valence-corrected chi connectivity index (χ4v) is 7.44. The van der Waals surface area contributed by atoms with Crippen molar-refractivity contribution in [2.45, 2.75) is 87.5 Å². The van der Waals surface area contributed by atoms with Gasteiger partial charge in [-0.3, -0.25) is 4.90 Å². The quantitative estimate of drug-likeness (QED) is 0.236. The van der Waals surface area contributed by atoms with E-state index in [0.717, 1.165) is 37.8 Å². The summed E-state index contributed by atoms with van der Waals surface area (Å²) in [5.74, 6) is 6.07. The summed E-state index contributed by atoms with van der Waals surface area (Å²) in [6, 6.07) is 11.5. The number of halogens is 3. The van der Waals surface area contributed by atoms with Gasteiger partial charge in [-0.1, -0.05) is 25.3 Å². The number of aromatic nitrogens is 1. The molecule has 2 fully saturated rings. The molecule has 5 rings (SSSR count). The van der Waals surface area contributed by atoms with Gasteiger partial charge in [-0.15, -0.1) is 0 Å². The Morgan fingerprint density at radius 2 is 1.80 bits per heavy atom. The Balaban J connectivity index is 1.34. The summed E-state index contributed by atoms with van der Waals surface area (Å²) < 4.78 is 70.9. The average molecular weight is 646 g/mol. The maximum Gasteiger partial charge on any atom is 0.406 e. The molecule has 3 aromatic rings. The maximum atomic E-state index is 13.7. The average Bonchev–Trinajstić information content (AvgIpc) is 3.36. The van der Waals surface area contributed by atoms with Gasteiger partial charge in [-0.25, -0.2) is 13.6 Å². The van der Waals surface area contributed by atoms with Crippen molar-refractivity contribution in [3.63, 3.8) is 0 Å². The highest BCUT2D eigenvalue weighted by atomic mass is 32.2. The lowest BCUT2D eigenvalue weighted by Crippen LogP contribution is -2.53. The number of nitrogens with one attached hydrogen (secondary N) is 2. The van der Waals surface area contributed by atoms with Crippen LogP contribution in [0.15, 0.2) is 47.4 Å². The minimum atomic E-state index is -4.43. The van der Waals surface area contributed by atoms with Gasteiger partial charge in [0, 0.05) is 28.7 Å². The van der Waals surface area contributed by atoms with Crippen LogP contribution in [0, 0.1) is 11.8 Å². The molecule has 0 amide bonds. The number of benzene rings is 2. The fraction of sp³-hybridized carbons (Fsp3) is 0.515. The van der Waals surface area contributed by atoms with Gasteiger partial charge in [0.2, 0.25) is 10.0 Å². The lowest BCUT2D eigenvalue weighted by molar-refractivity contribution is -0.140. The van der Waals surface area contributed by atoms with E-state index in [1.54, 1.807) is 18.2 Å². The third kappa shape index (κ3) is 7.71. The second-order valence-corrected chi connectivity index (χ2v) is 13.6. The van der Waals surface area contributed by atoms with Crippen molar-refractivity contribution in [2.24, 2.45) is 5.14 Å². The molecule has 45 heavy (non-hydrogen) atoms. The minimum Gasteiger partial charge on any atom is -0.495 e. The van der Waals surface area contributed by atoms with Crippen molar-refractivity contribution in [3.8, 4) is 17.6 Å². The zero-order valence-corrected chi connectivity index (χ0v) is 26.7. The highest BCUT2D eigenvalue weighted by molar-refractivity contribution is 7.89. The normalized spacial score (nSPS) is 21.2. The van der Waals surface area contributed by atoms with Crippen LogP contribution in [-0.2, 0) is 16.6 Å². The number of nitrogens with zero attached hydrogens (tertiary/aromatic N) is 2. The summed E-state index contributed by atoms with van der Waals surface area (Å²) in [6.45, 7) is 3.58. The predicted octanol–water partition coefficient (Wildman–Crippen LogP) is 6.31. The van der Waals surface area contributed by atoms with E-state index in [1.807, 2.05) is 6.07 Å². The number of piperidine rings is 1. The summed E-state index contributed by atoms with van der Waals surface area (Å²) in [6.07, 6.45) is 4.83. The number of nitrogens with two attached hydrogens (primary N) is 1. The van der Waals surface area contributed by atoms with Gasteiger partial charge < -0.3 is 19.9 Å². The van der Waals surface area contributed by atoms with Gasteiger partial charge in [0.05, 0.1) is 35.4 Å². The summed E-state index contributed by atoms with van der Waals surface area (Å²) in [5.41, 5.74) is 2.28. The fourth-order valence-electron chi connectivity index (χ4n) is 6.91. The van der Waals surface area contributed by atoms with Crippen molar-refractivity contribution in [1.29, 1.82) is 0 Å². The van der Waals surface area contributed by atoms with Crippen molar-refractivity contribution in [3.05, 3.63) is 48.2 Å². The molecule has 2 heterocycles. The Kier molecular flexibility index (Phi) is 9.91. The highest BCUT2D eigenvalue weighted by Gasteiger charge is 2.39. The second-order valence-electron chi connectivity index (χ2n) is 12.1. The van der Waals surface area contributed by atoms with E-state index in [4.69, 9.17) is 9.88 Å². The highest BCUT2D eigenvalue weighted by Crippen LogP contribution is 2.40. The standard InChI is InChI=1S/C33H42F3N5O3S/c1-3-32(40-19-5-4-6-20-40)16-14-24(15-17-32)39-28-10-7-11-30-27(28)21-25(41(30)23-33(34,35)36)9-8-18-38-29-13-12-26(45(37,42)43)22-31(29)44-2/h7,10-13,21-22,24,38-39H,3-6,14-20,23H2,1-2H3,(H2,37,42,43). The molecule has 0 unspecified atom stereocenters. The van der Waals surface area contributed by atoms with E-state index < -0.39 is 22.7 Å². The topological polar surface area (TPSA) is 102 Å². The minimum absolute atomic E-state index is 0.0853. The van der Waals surface area contributed by atoms with E-state index >= 15 is 0 Å². The maximum absolute atomic E-state index is 13.7. The van der Waals surface area contributed by atoms with Crippen LogP contribution in [0.25, 0.3) is 10.9 Å². The Morgan fingerprint density at radius 1 is 1.07 bits per heavy atom. The first-order chi connectivity index (χ1) is 21.4. The molecule has 1 saturated carbocycles. The number of methoxy groups -OCH3 is 1. The summed E-state index contributed by atoms with van der Waals surface area (Å²) in [7, 11) is -2.52. The van der Waals surface area contributed by atoms with Crippen molar-refractivity contribution < 1.29 is 26.3 Å². The van der Waals surface area contributed by atoms with Gasteiger partial charge in [0.1, 0.15) is 12.3 Å². The lowest BCUT2D eigenvalue weighted by atomic mass is 9.75. The molecule has 12 heteroatoms. The molecule has 2 aliphatic rings. The summed E-state index contributed by atoms with van der Waals surface area (Å²) in [4.78, 5) is 2.61. The molecular weight excluding hydrogens is 603 g/mol. The first kappa shape index (κ1) is 33.0. The first-order valence-corrected chi connectivity index (χ1v) is 17.1. The number of hydrogen-bond donors (Lipinski definition) is 3. The zero-order valence-electron chi connectivity index (χ0n) is 25.8. The molecule has 4 N–H and O–H groups in total. The Bertz CT molecular complexity index is 1660. The molecule has 8 nitrogen and oxygen atoms in total. The van der Waals surface area contributed by atoms with E-state index in [0.29, 0.717) is 16.6 Å². The molecule has 1 aliphatic heterocycles. The largest absolute Gasteiger partial charge is 0.495 e. The van der Waals surface area contributed by atoms with Crippen molar-refractivity contribution >= 4 is 32.3 Å². The van der Waals surface area contributed by atoms with Gasteiger partial charge in [-0.2, -0.15) is 13.2 Å². The molecule has 0 atom stereocenters. The van der Waals surface area contributed by atoms with E-state index in [2.05, 4.69) is 34.3 Å². The van der Waals surface area contributed by atoms with Gasteiger partial charge >= 0.3 is 6.18 Å². The van der Waals surface area contributed by atoms with Gasteiger partial charge in [-0.05, 0) is 94.3 Å². The predicted molar refractivity (Wildman–Crippen MR) is 172 cm³/mol. The summed E-state index contributed by atoms with van der Waals surface area (Å²) in [5, 5.41) is 12.6. The molecule has 1 saturated heterocycles. The number of fused-ring (bicyclic) bond motifs is 1. The molecule has 0 spiro atoms. The number of ether oxygens (including phenoxy) is 1. The van der Waals surface area contributed by atoms with Crippen LogP contribution in [0.2, 0.25) is 0 Å². The van der Waals surface area contributed by atoms with E-state index in [1.165, 1.54) is 62.2 Å². The van der Waals surface area contributed by atoms with Crippen LogP contribution < -0.4 is 20.5 Å². The summed E-state index contributed by atoms with van der Waals surface area (Å²) >= 11 is 0. The van der Waals surface area contributed by atoms with Crippen LogP contribution in [0.1, 0.15) is 64.0 Å². The molecule has 0 bridgehead atoms. The Hall–Kier alpha value is -3.40. The van der Waals surface area contributed by atoms with Crippen LogP contribution in [-0.4, -0.2) is 62.4 Å². The van der Waals surface area contributed by atoms with Crippen LogP contribution >= 0.6 is 0 Å². The van der Waals surface area contributed by atoms with Gasteiger partial charge in [0.25, 0.3) is 0 Å². The van der Waals surface area contributed by atoms with Crippen molar-refractivity contribution in [2.75, 3.05) is 37.4 Å². The monoisotopic (exact) mass is 645 g/mol. The third-order valence-electron chi connectivity index (χ3n) is 9.33. The number of primary sulfonamides is 1. The number of likely N-dealkylation sites (tertiary alicyclic amines) is 1. The first-order valence-electron chi connectivity index (χ1n) is 15.6. The second kappa shape index (κ2) is 13.5. The smallest absolute Gasteiger partial charge is 0.406 e. The molecule has 2 aromatic carbocycles. The third-order valence-corrected chi connectivity index (χ3v) is 10.2. The molecule has 0 radical (unpaired) electrons. The molecular formula is C33H42F3N5O3S. The van der Waals surface area contributed by atoms with Crippen LogP contribution in [0.4, 0.5) is 24.5 Å². The van der Waals surface area contributed by atoms with Gasteiger partial charge in [0.15, 0.2) is 0 Å². The number of alkyl halides is 3. The number of hydrogen-bond acceptors (Lipinski definition) is 6. The Labute approximate surface area is 263 Å². The number of anilines is 2. The van der Waals surface area contributed by atoms with E-state index in [9.17, 15) is 21.6 Å². The number of sulfonamides is 1. The van der Waals surface area contributed by atoms with E-state index in [-0.39, 0.29) is 34.5 Å². The zero-order chi connectivity index (χ0) is 32.2.